The Labute approximate surface area is 380 Å². The molecule has 0 atom stereocenters. The maximum atomic E-state index is 13.1. The average Bonchev–Trinajstić information content (AvgIpc) is 3.74. The fraction of sp³-hybridized carbons (Fsp3) is 0.375. The molecule has 0 saturated carbocycles. The first-order valence-electron chi connectivity index (χ1n) is 19.2. The summed E-state index contributed by atoms with van der Waals surface area (Å²) in [6.45, 7) is 6.88. The summed E-state index contributed by atoms with van der Waals surface area (Å²) in [6.07, 6.45) is 5.35. The zero-order valence-corrected chi connectivity index (χ0v) is 39.3. The molecule has 2 aromatic rings. The van der Waals surface area contributed by atoms with Crippen molar-refractivity contribution in [3.63, 3.8) is 0 Å². The molecule has 0 radical (unpaired) electrons. The van der Waals surface area contributed by atoms with Crippen molar-refractivity contribution in [3.8, 4) is 0 Å². The molecular formula is C40H40N4O13S6-2. The molecule has 23 heteroatoms. The molecule has 0 spiro atoms. The van der Waals surface area contributed by atoms with Gasteiger partial charge in [-0.05, 0) is 79.8 Å². The molecule has 1 fully saturated rings. The first-order chi connectivity index (χ1) is 29.0. The number of benzene rings is 2. The van der Waals surface area contributed by atoms with E-state index in [9.17, 15) is 53.5 Å². The van der Waals surface area contributed by atoms with Crippen LogP contribution in [0.2, 0.25) is 0 Å². The number of carbonyl (C=O) groups is 4. The van der Waals surface area contributed by atoms with E-state index in [0.717, 1.165) is 12.3 Å². The number of amides is 3. The van der Waals surface area contributed by atoms with Crippen LogP contribution in [0.4, 0.5) is 11.4 Å². The van der Waals surface area contributed by atoms with Crippen molar-refractivity contribution in [2.24, 2.45) is 0 Å². The third-order valence-electron chi connectivity index (χ3n) is 11.1. The number of unbranched alkanes of at least 4 members (excludes halogenated alkanes) is 2. The van der Waals surface area contributed by atoms with Gasteiger partial charge in [-0.25, -0.2) is 34.8 Å². The summed E-state index contributed by atoms with van der Waals surface area (Å²) in [4.78, 5) is 55.7. The Morgan fingerprint density at radius 1 is 0.857 bits per heavy atom. The number of hydrogen-bond acceptors (Lipinski definition) is 17. The fourth-order valence-corrected chi connectivity index (χ4v) is 10.5. The lowest BCUT2D eigenvalue weighted by molar-refractivity contribution is -0.425. The van der Waals surface area contributed by atoms with Crippen LogP contribution >= 0.6 is 24.4 Å². The lowest BCUT2D eigenvalue weighted by atomic mass is 9.81. The molecule has 0 bridgehead atoms. The lowest BCUT2D eigenvalue weighted by Gasteiger charge is -2.28. The molecule has 63 heavy (non-hydrogen) atoms. The second kappa shape index (κ2) is 17.1. The van der Waals surface area contributed by atoms with Crippen molar-refractivity contribution in [2.45, 2.75) is 86.8 Å². The van der Waals surface area contributed by atoms with Crippen LogP contribution in [-0.2, 0) is 77.7 Å². The number of sulfonamides is 1. The summed E-state index contributed by atoms with van der Waals surface area (Å²) in [7, 11) is -13.7. The quantitative estimate of drug-likeness (QED) is 0.0543. The molecule has 1 aliphatic carbocycles. The lowest BCUT2D eigenvalue weighted by Crippen LogP contribution is -2.37. The SMILES string of the molecule is CC1(C)C(/C=C2\C(=S)C(=S)C(/C=C3/N(CCCCCC(=O)ON4C(=O)CCC4=O)c4ccc(S(=O)(=O)[O-])cc4C3(C)C)=C2[S-])=[N+](CC(=O)NS(C)(=O)=O)c2ccc(S(=O)(=O)[O-])cc21. The predicted octanol–water partition coefficient (Wildman–Crippen LogP) is 3.28. The maximum absolute atomic E-state index is 13.1. The van der Waals surface area contributed by atoms with Crippen LogP contribution in [0.1, 0.15) is 77.3 Å². The Morgan fingerprint density at radius 3 is 2.03 bits per heavy atom. The van der Waals surface area contributed by atoms with Crippen molar-refractivity contribution in [2.75, 3.05) is 24.2 Å². The largest absolute Gasteiger partial charge is 0.778 e. The van der Waals surface area contributed by atoms with Gasteiger partial charge in [0.05, 0.1) is 31.2 Å². The van der Waals surface area contributed by atoms with Gasteiger partial charge < -0.3 is 31.5 Å². The third-order valence-corrected chi connectivity index (χ3v) is 14.8. The van der Waals surface area contributed by atoms with E-state index in [-0.39, 0.29) is 33.9 Å². The van der Waals surface area contributed by atoms with Crippen LogP contribution in [0, 0.1) is 0 Å². The number of nitrogens with one attached hydrogen (secondary N) is 1. The van der Waals surface area contributed by atoms with Crippen LogP contribution in [0.15, 0.2) is 80.1 Å². The topological polar surface area (TPSA) is 248 Å². The molecule has 1 N–H and O–H groups in total. The predicted molar refractivity (Wildman–Crippen MR) is 236 cm³/mol. The number of hydroxylamine groups is 2. The Morgan fingerprint density at radius 2 is 1.44 bits per heavy atom. The van der Waals surface area contributed by atoms with E-state index < -0.39 is 81.1 Å². The minimum atomic E-state index is -4.90. The summed E-state index contributed by atoms with van der Waals surface area (Å²) in [5.41, 5.74) is 1.33. The van der Waals surface area contributed by atoms with E-state index >= 15 is 0 Å². The van der Waals surface area contributed by atoms with Gasteiger partial charge in [0.2, 0.25) is 22.3 Å². The minimum absolute atomic E-state index is 0.0309. The molecule has 3 aliphatic heterocycles. The number of nitrogens with zero attached hydrogens (tertiary/aromatic N) is 3. The number of anilines is 1. The van der Waals surface area contributed by atoms with Crippen molar-refractivity contribution in [1.29, 1.82) is 0 Å². The highest BCUT2D eigenvalue weighted by molar-refractivity contribution is 7.90. The fourth-order valence-electron chi connectivity index (χ4n) is 7.99. The van der Waals surface area contributed by atoms with E-state index in [1.807, 2.05) is 23.5 Å². The molecule has 3 heterocycles. The van der Waals surface area contributed by atoms with Crippen LogP contribution in [-0.4, -0.2) is 102 Å². The molecule has 17 nitrogen and oxygen atoms in total. The van der Waals surface area contributed by atoms with Crippen molar-refractivity contribution >= 4 is 118 Å². The number of allylic oxidation sites excluding steroid dienone is 5. The summed E-state index contributed by atoms with van der Waals surface area (Å²) >= 11 is 17.8. The zero-order valence-electron chi connectivity index (χ0n) is 34.4. The molecule has 0 aromatic heterocycles. The highest BCUT2D eigenvalue weighted by Crippen LogP contribution is 2.50. The first kappa shape index (κ1) is 47.8. The Bertz CT molecular complexity index is 2900. The highest BCUT2D eigenvalue weighted by Gasteiger charge is 2.47. The number of carbonyl (C=O) groups excluding carboxylic acids is 4. The van der Waals surface area contributed by atoms with Gasteiger partial charge in [-0.3, -0.25) is 14.4 Å². The van der Waals surface area contributed by atoms with E-state index in [1.165, 1.54) is 34.9 Å². The normalized spacial score (nSPS) is 19.8. The molecule has 1 saturated heterocycles. The minimum Gasteiger partial charge on any atom is -0.778 e. The highest BCUT2D eigenvalue weighted by atomic mass is 32.2. The number of fused-ring (bicyclic) bond motifs is 2. The smallest absolute Gasteiger partial charge is 0.333 e. The van der Waals surface area contributed by atoms with Gasteiger partial charge in [0, 0.05) is 60.3 Å². The van der Waals surface area contributed by atoms with Crippen molar-refractivity contribution < 1.29 is 63.0 Å². The summed E-state index contributed by atoms with van der Waals surface area (Å²) in [5.74, 6) is -2.82. The summed E-state index contributed by atoms with van der Waals surface area (Å²) in [6, 6.07) is 7.71. The second-order valence-electron chi connectivity index (χ2n) is 16.3. The van der Waals surface area contributed by atoms with E-state index in [1.54, 1.807) is 26.0 Å². The first-order valence-corrected chi connectivity index (χ1v) is 25.1. The van der Waals surface area contributed by atoms with Gasteiger partial charge in [-0.1, -0.05) is 44.7 Å². The molecule has 2 aromatic carbocycles. The van der Waals surface area contributed by atoms with Gasteiger partial charge in [-0.15, -0.1) is 5.06 Å². The number of thiocarbonyl (C=S) groups is 2. The Hall–Kier alpha value is -4.62. The molecule has 0 unspecified atom stereocenters. The van der Waals surface area contributed by atoms with Gasteiger partial charge >= 0.3 is 5.97 Å². The van der Waals surface area contributed by atoms with Gasteiger partial charge in [-0.2, -0.15) is 9.48 Å². The van der Waals surface area contributed by atoms with Crippen LogP contribution < -0.4 is 9.62 Å². The van der Waals surface area contributed by atoms with Crippen molar-refractivity contribution in [3.05, 3.63) is 81.4 Å². The number of rotatable bonds is 14. The molecule has 336 valence electrons. The molecule has 4 aliphatic rings. The summed E-state index contributed by atoms with van der Waals surface area (Å²) in [5, 5.41) is 0.490. The Kier molecular flexibility index (Phi) is 13.0. The van der Waals surface area contributed by atoms with E-state index in [0.29, 0.717) is 75.9 Å². The van der Waals surface area contributed by atoms with Crippen LogP contribution in [0.25, 0.3) is 0 Å². The van der Waals surface area contributed by atoms with Crippen LogP contribution in [0.5, 0.6) is 0 Å². The number of hydrogen-bond donors (Lipinski definition) is 1. The van der Waals surface area contributed by atoms with Gasteiger partial charge in [0.25, 0.3) is 17.7 Å². The molecular weight excluding hydrogens is 937 g/mol. The molecule has 6 rings (SSSR count). The monoisotopic (exact) mass is 976 g/mol. The van der Waals surface area contributed by atoms with Gasteiger partial charge in [0.1, 0.15) is 20.2 Å². The second-order valence-corrected chi connectivity index (χ2v) is 22.0. The number of imide groups is 1. The van der Waals surface area contributed by atoms with Gasteiger partial charge in [0.15, 0.2) is 5.71 Å². The standard InChI is InChI=1S/C40H42N4O13S6/c1-39(2)26-17-22(62(51,52)53)10-12-28(26)42(16-8-6-7-9-35(48)57-44-33(46)14-15-34(44)47)30(39)19-24-36(58)25(38(60)37(24)59)20-31-40(3,4)27-18-23(63(54,55)56)11-13-29(27)43(31)21-32(45)41-61(5,49)50/h10-13,17-20H,6-9,14-16,21H2,1-5H3,(H3-,41,45,51,52,53,54,55,56,58,59,60)/p-2. The Balaban J connectivity index is 1.38. The average molecular weight is 977 g/mol. The maximum Gasteiger partial charge on any atom is 0.333 e. The zero-order chi connectivity index (χ0) is 46.8. The summed E-state index contributed by atoms with van der Waals surface area (Å²) < 4.78 is 99.9. The third kappa shape index (κ3) is 9.60. The molecule has 3 amide bonds. The van der Waals surface area contributed by atoms with Crippen LogP contribution in [0.3, 0.4) is 0 Å². The van der Waals surface area contributed by atoms with E-state index in [2.05, 4.69) is 0 Å². The van der Waals surface area contributed by atoms with E-state index in [4.69, 9.17) is 41.9 Å². The van der Waals surface area contributed by atoms with Crippen molar-refractivity contribution in [1.82, 2.24) is 9.79 Å².